The number of rotatable bonds is 3. The molecular weight excluding hydrogens is 224 g/mol. The molecule has 0 aliphatic carbocycles. The smallest absolute Gasteiger partial charge is 0.178 e. The predicted molar refractivity (Wildman–Crippen MR) is 72.2 cm³/mol. The van der Waals surface area contributed by atoms with Crippen LogP contribution in [0.5, 0.6) is 0 Å². The van der Waals surface area contributed by atoms with Gasteiger partial charge in [0.15, 0.2) is 5.82 Å². The van der Waals surface area contributed by atoms with Crippen molar-refractivity contribution >= 4 is 0 Å². The van der Waals surface area contributed by atoms with Crippen LogP contribution >= 0.6 is 0 Å². The Hall–Kier alpha value is -1.81. The van der Waals surface area contributed by atoms with Gasteiger partial charge in [0.05, 0.1) is 0 Å². The third kappa shape index (κ3) is 2.54. The molecule has 0 atom stereocenters. The van der Waals surface area contributed by atoms with Gasteiger partial charge in [-0.1, -0.05) is 0 Å². The number of hydrogen-bond donors (Lipinski definition) is 1. The van der Waals surface area contributed by atoms with Gasteiger partial charge >= 0.3 is 0 Å². The summed E-state index contributed by atoms with van der Waals surface area (Å²) < 4.78 is 0. The van der Waals surface area contributed by atoms with Gasteiger partial charge in [0, 0.05) is 17.6 Å². The minimum atomic E-state index is 0.618. The fraction of sp³-hybridized carbons (Fsp3) is 0.357. The van der Waals surface area contributed by atoms with E-state index in [1.165, 1.54) is 0 Å². The molecule has 0 aliphatic rings. The highest BCUT2D eigenvalue weighted by Gasteiger charge is 2.10. The van der Waals surface area contributed by atoms with Crippen molar-refractivity contribution in [2.24, 2.45) is 5.73 Å². The van der Waals surface area contributed by atoms with Gasteiger partial charge in [0.2, 0.25) is 0 Å². The Bertz CT molecular complexity index is 540. The zero-order valence-electron chi connectivity index (χ0n) is 11.1. The Morgan fingerprint density at radius 3 is 2.33 bits per heavy atom. The lowest BCUT2D eigenvalue weighted by molar-refractivity contribution is 0.896. The van der Waals surface area contributed by atoms with E-state index in [4.69, 9.17) is 5.73 Å². The molecule has 0 aromatic carbocycles. The summed E-state index contributed by atoms with van der Waals surface area (Å²) in [5.74, 6) is 0.689. The molecule has 0 spiro atoms. The molecule has 0 bridgehead atoms. The monoisotopic (exact) mass is 242 g/mol. The number of hydrogen-bond acceptors (Lipinski definition) is 4. The first kappa shape index (κ1) is 12.6. The van der Waals surface area contributed by atoms with E-state index in [2.05, 4.69) is 15.0 Å². The zero-order chi connectivity index (χ0) is 13.1. The number of nitrogens with two attached hydrogens (primary N) is 1. The summed E-state index contributed by atoms with van der Waals surface area (Å²) >= 11 is 0. The fourth-order valence-electron chi connectivity index (χ4n) is 2.02. The highest BCUT2D eigenvalue weighted by molar-refractivity contribution is 5.51. The highest BCUT2D eigenvalue weighted by atomic mass is 14.9. The zero-order valence-corrected chi connectivity index (χ0v) is 11.1. The summed E-state index contributed by atoms with van der Waals surface area (Å²) in [4.78, 5) is 13.4. The van der Waals surface area contributed by atoms with Crippen molar-refractivity contribution in [2.45, 2.75) is 27.2 Å². The Kier molecular flexibility index (Phi) is 3.67. The first-order chi connectivity index (χ1) is 8.61. The molecule has 2 rings (SSSR count). The van der Waals surface area contributed by atoms with Crippen molar-refractivity contribution in [1.29, 1.82) is 0 Å². The van der Waals surface area contributed by atoms with Gasteiger partial charge in [-0.3, -0.25) is 4.98 Å². The van der Waals surface area contributed by atoms with E-state index >= 15 is 0 Å². The van der Waals surface area contributed by atoms with Crippen LogP contribution in [0, 0.1) is 20.8 Å². The molecule has 2 aromatic heterocycles. The van der Waals surface area contributed by atoms with Crippen LogP contribution in [0.15, 0.2) is 18.3 Å². The van der Waals surface area contributed by atoms with Crippen LogP contribution in [0.3, 0.4) is 0 Å². The number of aromatic nitrogens is 3. The summed E-state index contributed by atoms with van der Waals surface area (Å²) in [5, 5.41) is 0. The second-order valence-corrected chi connectivity index (χ2v) is 4.45. The predicted octanol–water partition coefficient (Wildman–Crippen LogP) is 1.97. The molecule has 2 aromatic rings. The van der Waals surface area contributed by atoms with Gasteiger partial charge in [-0.15, -0.1) is 0 Å². The Labute approximate surface area is 107 Å². The SMILES string of the molecule is Cc1ccnc(-c2nc(C)c(CCN)c(C)n2)c1. The Morgan fingerprint density at radius 1 is 1.11 bits per heavy atom. The van der Waals surface area contributed by atoms with Crippen LogP contribution in [0.25, 0.3) is 11.5 Å². The van der Waals surface area contributed by atoms with Gasteiger partial charge < -0.3 is 5.73 Å². The molecule has 0 saturated heterocycles. The van der Waals surface area contributed by atoms with Crippen LogP contribution < -0.4 is 5.73 Å². The highest BCUT2D eigenvalue weighted by Crippen LogP contribution is 2.17. The van der Waals surface area contributed by atoms with Gasteiger partial charge in [-0.05, 0) is 57.0 Å². The van der Waals surface area contributed by atoms with Crippen molar-refractivity contribution in [3.63, 3.8) is 0 Å². The molecule has 18 heavy (non-hydrogen) atoms. The molecule has 0 aliphatic heterocycles. The van der Waals surface area contributed by atoms with Gasteiger partial charge in [0.25, 0.3) is 0 Å². The molecule has 0 saturated carbocycles. The second kappa shape index (κ2) is 5.23. The third-order valence-electron chi connectivity index (χ3n) is 2.96. The van der Waals surface area contributed by atoms with Crippen molar-refractivity contribution in [2.75, 3.05) is 6.54 Å². The minimum Gasteiger partial charge on any atom is -0.330 e. The van der Waals surface area contributed by atoms with E-state index in [-0.39, 0.29) is 0 Å². The van der Waals surface area contributed by atoms with Gasteiger partial charge in [0.1, 0.15) is 5.69 Å². The lowest BCUT2D eigenvalue weighted by Crippen LogP contribution is -2.09. The maximum absolute atomic E-state index is 5.60. The van der Waals surface area contributed by atoms with Crippen molar-refractivity contribution in [3.8, 4) is 11.5 Å². The molecule has 4 heteroatoms. The van der Waals surface area contributed by atoms with E-state index in [1.54, 1.807) is 6.20 Å². The summed E-state index contributed by atoms with van der Waals surface area (Å²) in [7, 11) is 0. The van der Waals surface area contributed by atoms with E-state index in [9.17, 15) is 0 Å². The van der Waals surface area contributed by atoms with Gasteiger partial charge in [-0.25, -0.2) is 9.97 Å². The third-order valence-corrected chi connectivity index (χ3v) is 2.96. The number of nitrogens with zero attached hydrogens (tertiary/aromatic N) is 3. The van der Waals surface area contributed by atoms with Crippen molar-refractivity contribution < 1.29 is 0 Å². The maximum atomic E-state index is 5.60. The van der Waals surface area contributed by atoms with Crippen molar-refractivity contribution in [1.82, 2.24) is 15.0 Å². The molecular formula is C14H18N4. The van der Waals surface area contributed by atoms with Crippen LogP contribution in [-0.4, -0.2) is 21.5 Å². The van der Waals surface area contributed by atoms with Crippen LogP contribution in [-0.2, 0) is 6.42 Å². The normalized spacial score (nSPS) is 10.7. The topological polar surface area (TPSA) is 64.7 Å². The largest absolute Gasteiger partial charge is 0.330 e. The maximum Gasteiger partial charge on any atom is 0.178 e. The van der Waals surface area contributed by atoms with E-state index in [0.717, 1.165) is 34.6 Å². The van der Waals surface area contributed by atoms with E-state index in [1.807, 2.05) is 32.9 Å². The van der Waals surface area contributed by atoms with E-state index < -0.39 is 0 Å². The van der Waals surface area contributed by atoms with Crippen LogP contribution in [0.4, 0.5) is 0 Å². The summed E-state index contributed by atoms with van der Waals surface area (Å²) in [6, 6.07) is 3.96. The average Bonchev–Trinajstić information content (AvgIpc) is 2.33. The second-order valence-electron chi connectivity index (χ2n) is 4.45. The summed E-state index contributed by atoms with van der Waals surface area (Å²) in [6.45, 7) is 6.65. The number of pyridine rings is 1. The molecule has 0 amide bonds. The minimum absolute atomic E-state index is 0.618. The van der Waals surface area contributed by atoms with E-state index in [0.29, 0.717) is 12.4 Å². The van der Waals surface area contributed by atoms with Crippen LogP contribution in [0.1, 0.15) is 22.5 Å². The lowest BCUT2D eigenvalue weighted by Gasteiger charge is -2.09. The quantitative estimate of drug-likeness (QED) is 0.893. The first-order valence-electron chi connectivity index (χ1n) is 6.09. The fourth-order valence-corrected chi connectivity index (χ4v) is 2.02. The Balaban J connectivity index is 2.48. The van der Waals surface area contributed by atoms with Crippen LogP contribution in [0.2, 0.25) is 0 Å². The van der Waals surface area contributed by atoms with Gasteiger partial charge in [-0.2, -0.15) is 0 Å². The molecule has 0 fully saturated rings. The summed E-state index contributed by atoms with van der Waals surface area (Å²) in [5.41, 5.74) is 10.7. The lowest BCUT2D eigenvalue weighted by atomic mass is 10.1. The Morgan fingerprint density at radius 2 is 1.78 bits per heavy atom. The molecule has 0 unspecified atom stereocenters. The number of aryl methyl sites for hydroxylation is 3. The molecule has 0 radical (unpaired) electrons. The van der Waals surface area contributed by atoms with Crippen molar-refractivity contribution in [3.05, 3.63) is 40.8 Å². The standard InChI is InChI=1S/C14H18N4/c1-9-5-7-16-13(8-9)14-17-10(2)12(4-6-15)11(3)18-14/h5,7-8H,4,6,15H2,1-3H3. The summed E-state index contributed by atoms with van der Waals surface area (Å²) in [6.07, 6.45) is 2.60. The first-order valence-corrected chi connectivity index (χ1v) is 6.09. The molecule has 2 N–H and O–H groups in total. The average molecular weight is 242 g/mol. The molecule has 94 valence electrons. The molecule has 4 nitrogen and oxygen atoms in total. The molecule has 2 heterocycles.